The molecule has 0 aromatic carbocycles. The monoisotopic (exact) mass is 482 g/mol. The molecule has 0 fully saturated rings. The lowest BCUT2D eigenvalue weighted by molar-refractivity contribution is -0.160. The van der Waals surface area contributed by atoms with Crippen molar-refractivity contribution in [3.05, 3.63) is 0 Å². The summed E-state index contributed by atoms with van der Waals surface area (Å²) in [5.41, 5.74) is 0. The lowest BCUT2D eigenvalue weighted by Crippen LogP contribution is -2.49. The predicted octanol–water partition coefficient (Wildman–Crippen LogP) is 7.37. The highest BCUT2D eigenvalue weighted by Crippen LogP contribution is 2.14. The van der Waals surface area contributed by atoms with Gasteiger partial charge in [-0.3, -0.25) is 9.59 Å². The summed E-state index contributed by atoms with van der Waals surface area (Å²) in [6, 6.07) is 0. The molecule has 5 heteroatoms. The highest BCUT2D eigenvalue weighted by Gasteiger charge is 2.33. The molecule has 0 radical (unpaired) electrons. The molecule has 2 amide bonds. The summed E-state index contributed by atoms with van der Waals surface area (Å²) in [5.74, 6) is -0.373. The van der Waals surface area contributed by atoms with Gasteiger partial charge in [0.25, 0.3) is 11.8 Å². The Labute approximate surface area is 212 Å². The Hall–Kier alpha value is -1.10. The second kappa shape index (κ2) is 22.4. The fraction of sp³-hybridized carbons (Fsp3) is 0.931. The molecule has 0 aliphatic rings. The maximum Gasteiger partial charge on any atom is 0.261 e. The largest absolute Gasteiger partial charge is 0.356 e. The predicted molar refractivity (Wildman–Crippen MR) is 145 cm³/mol. The van der Waals surface area contributed by atoms with E-state index in [9.17, 15) is 9.59 Å². The average Bonchev–Trinajstić information content (AvgIpc) is 2.83. The third kappa shape index (κ3) is 16.5. The van der Waals surface area contributed by atoms with Gasteiger partial charge < -0.3 is 14.5 Å². The lowest BCUT2D eigenvalue weighted by Gasteiger charge is -2.29. The summed E-state index contributed by atoms with van der Waals surface area (Å²) in [7, 11) is 3.63. The summed E-state index contributed by atoms with van der Waals surface area (Å²) >= 11 is 0. The van der Waals surface area contributed by atoms with E-state index in [4.69, 9.17) is 4.74 Å². The molecule has 0 spiro atoms. The van der Waals surface area contributed by atoms with Crippen LogP contribution in [0.25, 0.3) is 0 Å². The summed E-state index contributed by atoms with van der Waals surface area (Å²) in [6.45, 7) is 10.0. The van der Waals surface area contributed by atoms with Crippen LogP contribution in [0.3, 0.4) is 0 Å². The molecular weight excluding hydrogens is 424 g/mol. The number of hydrogen-bond donors (Lipinski definition) is 0. The van der Waals surface area contributed by atoms with Crippen molar-refractivity contribution in [2.24, 2.45) is 0 Å². The van der Waals surface area contributed by atoms with Crippen LogP contribution in [0.4, 0.5) is 0 Å². The van der Waals surface area contributed by atoms with Gasteiger partial charge in [-0.05, 0) is 26.2 Å². The van der Waals surface area contributed by atoms with E-state index in [1.807, 2.05) is 21.0 Å². The molecule has 0 aliphatic heterocycles. The Kier molecular flexibility index (Phi) is 21.6. The van der Waals surface area contributed by atoms with Crippen LogP contribution in [0.1, 0.15) is 137 Å². The van der Waals surface area contributed by atoms with Gasteiger partial charge >= 0.3 is 0 Å². The van der Waals surface area contributed by atoms with Crippen molar-refractivity contribution in [1.82, 2.24) is 9.80 Å². The van der Waals surface area contributed by atoms with Crippen LogP contribution in [0, 0.1) is 0 Å². The van der Waals surface area contributed by atoms with Crippen molar-refractivity contribution in [3.8, 4) is 0 Å². The van der Waals surface area contributed by atoms with Crippen LogP contribution in [0.5, 0.6) is 0 Å². The minimum atomic E-state index is -1.02. The zero-order valence-corrected chi connectivity index (χ0v) is 23.7. The van der Waals surface area contributed by atoms with E-state index in [1.165, 1.54) is 70.6 Å². The van der Waals surface area contributed by atoms with E-state index in [0.717, 1.165) is 38.5 Å². The molecule has 0 rings (SSSR count). The van der Waals surface area contributed by atoms with E-state index in [0.29, 0.717) is 13.1 Å². The maximum atomic E-state index is 13.3. The number of ether oxygens (including phenoxy) is 1. The van der Waals surface area contributed by atoms with Crippen LogP contribution in [0.2, 0.25) is 0 Å². The van der Waals surface area contributed by atoms with Crippen molar-refractivity contribution in [3.63, 3.8) is 0 Å². The summed E-state index contributed by atoms with van der Waals surface area (Å²) < 4.78 is 6.13. The number of likely N-dealkylation sites (N-methyl/N-ethyl adjacent to an activating group) is 2. The van der Waals surface area contributed by atoms with Gasteiger partial charge in [-0.15, -0.1) is 0 Å². The highest BCUT2D eigenvalue weighted by atomic mass is 16.5. The molecule has 0 aromatic heterocycles. The first-order valence-electron chi connectivity index (χ1n) is 14.5. The van der Waals surface area contributed by atoms with Crippen LogP contribution in [-0.2, 0) is 14.3 Å². The van der Waals surface area contributed by atoms with Gasteiger partial charge in [-0.25, -0.2) is 0 Å². The van der Waals surface area contributed by atoms with E-state index < -0.39 is 6.10 Å². The van der Waals surface area contributed by atoms with Crippen LogP contribution in [0.15, 0.2) is 0 Å². The maximum absolute atomic E-state index is 13.3. The Morgan fingerprint density at radius 3 is 1.35 bits per heavy atom. The zero-order valence-electron chi connectivity index (χ0n) is 23.7. The Bertz CT molecular complexity index is 464. The third-order valence-corrected chi connectivity index (χ3v) is 6.73. The first-order chi connectivity index (χ1) is 16.4. The molecule has 0 heterocycles. The van der Waals surface area contributed by atoms with Crippen LogP contribution >= 0.6 is 0 Å². The number of carbonyl (C=O) groups excluding carboxylic acids is 2. The second-order valence-electron chi connectivity index (χ2n) is 10.2. The molecule has 5 nitrogen and oxygen atoms in total. The van der Waals surface area contributed by atoms with Gasteiger partial charge in [0, 0.05) is 27.2 Å². The molecule has 1 unspecified atom stereocenters. The minimum Gasteiger partial charge on any atom is -0.356 e. The minimum absolute atomic E-state index is 0.0976. The van der Waals surface area contributed by atoms with Crippen molar-refractivity contribution >= 4 is 11.8 Å². The quantitative estimate of drug-likeness (QED) is 0.113. The molecule has 0 saturated heterocycles. The Morgan fingerprint density at radius 2 is 0.941 bits per heavy atom. The third-order valence-electron chi connectivity index (χ3n) is 6.73. The van der Waals surface area contributed by atoms with Crippen molar-refractivity contribution in [2.45, 2.75) is 149 Å². The van der Waals surface area contributed by atoms with Gasteiger partial charge in [0.1, 0.15) is 0 Å². The van der Waals surface area contributed by atoms with Gasteiger partial charge in [0.05, 0.1) is 6.10 Å². The van der Waals surface area contributed by atoms with Crippen molar-refractivity contribution in [2.75, 3.05) is 27.2 Å². The molecule has 0 bridgehead atoms. The first kappa shape index (κ1) is 32.9. The molecular formula is C29H58N2O3. The average molecular weight is 483 g/mol. The first-order valence-corrected chi connectivity index (χ1v) is 14.5. The van der Waals surface area contributed by atoms with Crippen molar-refractivity contribution < 1.29 is 14.3 Å². The van der Waals surface area contributed by atoms with Gasteiger partial charge in [0.15, 0.2) is 0 Å². The fourth-order valence-electron chi connectivity index (χ4n) is 4.26. The molecule has 0 aliphatic carbocycles. The van der Waals surface area contributed by atoms with Crippen molar-refractivity contribution in [1.29, 1.82) is 0 Å². The molecule has 0 aromatic rings. The Morgan fingerprint density at radius 1 is 0.588 bits per heavy atom. The standard InChI is InChI=1S/C29H58N2O3/c1-7-10-13-16-18-21-24-30(5)28(32)27(34-26(4)23-20-15-12-9-3)29(33)31(6)25-22-19-17-14-11-8-2/h26-27H,7-25H2,1-6H3. The number of rotatable bonds is 23. The fourth-order valence-corrected chi connectivity index (χ4v) is 4.26. The molecule has 0 saturated carbocycles. The molecule has 0 N–H and O–H groups in total. The van der Waals surface area contributed by atoms with E-state index in [-0.39, 0.29) is 17.9 Å². The van der Waals surface area contributed by atoms with E-state index >= 15 is 0 Å². The number of amides is 2. The number of carbonyl (C=O) groups is 2. The van der Waals surface area contributed by atoms with Gasteiger partial charge in [0.2, 0.25) is 6.10 Å². The topological polar surface area (TPSA) is 49.9 Å². The van der Waals surface area contributed by atoms with Gasteiger partial charge in [-0.1, -0.05) is 111 Å². The smallest absolute Gasteiger partial charge is 0.261 e. The highest BCUT2D eigenvalue weighted by molar-refractivity contribution is 6.03. The summed E-state index contributed by atoms with van der Waals surface area (Å²) in [4.78, 5) is 30.0. The number of hydrogen-bond acceptors (Lipinski definition) is 3. The zero-order chi connectivity index (χ0) is 25.6. The van der Waals surface area contributed by atoms with E-state index in [1.54, 1.807) is 9.80 Å². The van der Waals surface area contributed by atoms with E-state index in [2.05, 4.69) is 20.8 Å². The van der Waals surface area contributed by atoms with Gasteiger partial charge in [-0.2, -0.15) is 0 Å². The molecule has 202 valence electrons. The normalized spacial score (nSPS) is 12.2. The SMILES string of the molecule is CCCCCCCCN(C)C(=O)C(OC(C)CCCCCC)C(=O)N(C)CCCCCCCC. The molecule has 1 atom stereocenters. The summed E-state index contributed by atoms with van der Waals surface area (Å²) in [6.07, 6.45) is 18.6. The lowest BCUT2D eigenvalue weighted by atomic mass is 10.1. The number of unbranched alkanes of at least 4 members (excludes halogenated alkanes) is 13. The second-order valence-corrected chi connectivity index (χ2v) is 10.2. The van der Waals surface area contributed by atoms with Crippen LogP contribution < -0.4 is 0 Å². The molecule has 34 heavy (non-hydrogen) atoms. The summed E-state index contributed by atoms with van der Waals surface area (Å²) in [5, 5.41) is 0. The number of nitrogens with zero attached hydrogens (tertiary/aromatic N) is 2. The van der Waals surface area contributed by atoms with Crippen LogP contribution in [-0.4, -0.2) is 61.0 Å². The Balaban J connectivity index is 4.83.